The van der Waals surface area contributed by atoms with Gasteiger partial charge in [-0.15, -0.1) is 0 Å². The van der Waals surface area contributed by atoms with E-state index in [1.165, 1.54) is 11.1 Å². The van der Waals surface area contributed by atoms with Gasteiger partial charge in [-0.05, 0) is 36.6 Å². The fourth-order valence-electron chi connectivity index (χ4n) is 1.44. The second-order valence-corrected chi connectivity index (χ2v) is 4.82. The van der Waals surface area contributed by atoms with Crippen LogP contribution in [0.2, 0.25) is 0 Å². The highest BCUT2D eigenvalue weighted by Gasteiger charge is 2.10. The zero-order valence-electron chi connectivity index (χ0n) is 9.74. The van der Waals surface area contributed by atoms with Crippen LogP contribution in [-0.2, 0) is 11.2 Å². The van der Waals surface area contributed by atoms with Gasteiger partial charge in [0.25, 0.3) is 0 Å². The SMILES string of the molecule is Cc1ccc(Br)cc1CCNC(=O)C(N)CO. The second kappa shape index (κ2) is 6.74. The normalized spacial score (nSPS) is 12.2. The molecule has 0 aliphatic heterocycles. The lowest BCUT2D eigenvalue weighted by atomic mass is 10.1. The van der Waals surface area contributed by atoms with Crippen molar-refractivity contribution in [1.82, 2.24) is 5.32 Å². The minimum atomic E-state index is -0.835. The van der Waals surface area contributed by atoms with Crippen molar-refractivity contribution in [3.63, 3.8) is 0 Å². The van der Waals surface area contributed by atoms with Gasteiger partial charge in [0.2, 0.25) is 5.91 Å². The summed E-state index contributed by atoms with van der Waals surface area (Å²) in [4.78, 5) is 11.3. The number of carbonyl (C=O) groups is 1. The summed E-state index contributed by atoms with van der Waals surface area (Å²) in [5, 5.41) is 11.4. The first-order valence-electron chi connectivity index (χ1n) is 5.43. The number of amides is 1. The lowest BCUT2D eigenvalue weighted by Gasteiger charge is -2.10. The molecule has 94 valence electrons. The molecule has 0 saturated heterocycles. The molecule has 1 unspecified atom stereocenters. The van der Waals surface area contributed by atoms with Crippen molar-refractivity contribution >= 4 is 21.8 Å². The zero-order valence-corrected chi connectivity index (χ0v) is 11.3. The number of aliphatic hydroxyl groups excluding tert-OH is 1. The maximum Gasteiger partial charge on any atom is 0.239 e. The number of nitrogens with one attached hydrogen (secondary N) is 1. The van der Waals surface area contributed by atoms with Crippen molar-refractivity contribution in [3.8, 4) is 0 Å². The molecule has 1 rings (SSSR count). The summed E-state index contributed by atoms with van der Waals surface area (Å²) in [5.41, 5.74) is 7.75. The first-order valence-corrected chi connectivity index (χ1v) is 6.23. The molecule has 0 aliphatic rings. The molecule has 5 heteroatoms. The van der Waals surface area contributed by atoms with Crippen molar-refractivity contribution in [2.24, 2.45) is 5.73 Å². The van der Waals surface area contributed by atoms with Gasteiger partial charge in [-0.3, -0.25) is 4.79 Å². The van der Waals surface area contributed by atoms with Gasteiger partial charge in [0.15, 0.2) is 0 Å². The Kier molecular flexibility index (Phi) is 5.61. The summed E-state index contributed by atoms with van der Waals surface area (Å²) >= 11 is 3.41. The highest BCUT2D eigenvalue weighted by atomic mass is 79.9. The number of carbonyl (C=O) groups excluding carboxylic acids is 1. The van der Waals surface area contributed by atoms with E-state index < -0.39 is 6.04 Å². The van der Waals surface area contributed by atoms with E-state index in [0.29, 0.717) is 6.54 Å². The Bertz CT molecular complexity index is 396. The maximum atomic E-state index is 11.3. The van der Waals surface area contributed by atoms with Crippen LogP contribution in [0, 0.1) is 6.92 Å². The van der Waals surface area contributed by atoms with Gasteiger partial charge < -0.3 is 16.2 Å². The molecule has 1 amide bonds. The van der Waals surface area contributed by atoms with Gasteiger partial charge in [0.1, 0.15) is 6.04 Å². The van der Waals surface area contributed by atoms with Gasteiger partial charge in [-0.1, -0.05) is 22.0 Å². The molecule has 0 bridgehead atoms. The molecular weight excluding hydrogens is 284 g/mol. The molecule has 1 aromatic carbocycles. The monoisotopic (exact) mass is 300 g/mol. The Morgan fingerprint density at radius 2 is 2.29 bits per heavy atom. The molecule has 0 heterocycles. The number of benzene rings is 1. The first-order chi connectivity index (χ1) is 8.04. The third kappa shape index (κ3) is 4.46. The average Bonchev–Trinajstić information content (AvgIpc) is 2.32. The van der Waals surface area contributed by atoms with E-state index >= 15 is 0 Å². The van der Waals surface area contributed by atoms with Crippen LogP contribution in [-0.4, -0.2) is 30.2 Å². The quantitative estimate of drug-likeness (QED) is 0.751. The largest absolute Gasteiger partial charge is 0.394 e. The van der Waals surface area contributed by atoms with E-state index in [9.17, 15) is 4.79 Å². The lowest BCUT2D eigenvalue weighted by Crippen LogP contribution is -2.43. The Labute approximate surface area is 109 Å². The molecule has 4 N–H and O–H groups in total. The van der Waals surface area contributed by atoms with Crippen molar-refractivity contribution in [2.45, 2.75) is 19.4 Å². The minimum absolute atomic E-state index is 0.319. The Morgan fingerprint density at radius 3 is 2.94 bits per heavy atom. The van der Waals surface area contributed by atoms with Crippen molar-refractivity contribution in [2.75, 3.05) is 13.2 Å². The molecule has 1 atom stereocenters. The summed E-state index contributed by atoms with van der Waals surface area (Å²) in [6.07, 6.45) is 0.745. The van der Waals surface area contributed by atoms with Gasteiger partial charge in [0, 0.05) is 11.0 Å². The molecule has 0 aliphatic carbocycles. The molecule has 0 radical (unpaired) electrons. The topological polar surface area (TPSA) is 75.4 Å². The van der Waals surface area contributed by atoms with E-state index in [-0.39, 0.29) is 12.5 Å². The van der Waals surface area contributed by atoms with Crippen LogP contribution in [0.5, 0.6) is 0 Å². The highest BCUT2D eigenvalue weighted by molar-refractivity contribution is 9.10. The van der Waals surface area contributed by atoms with Crippen molar-refractivity contribution in [1.29, 1.82) is 0 Å². The lowest BCUT2D eigenvalue weighted by molar-refractivity contribution is -0.123. The Balaban J connectivity index is 2.46. The van der Waals surface area contributed by atoms with Gasteiger partial charge in [0.05, 0.1) is 6.61 Å². The number of hydrogen-bond acceptors (Lipinski definition) is 3. The van der Waals surface area contributed by atoms with Crippen LogP contribution in [0.1, 0.15) is 11.1 Å². The molecule has 1 aromatic rings. The predicted molar refractivity (Wildman–Crippen MR) is 70.7 cm³/mol. The van der Waals surface area contributed by atoms with Crippen molar-refractivity contribution in [3.05, 3.63) is 33.8 Å². The fourth-order valence-corrected chi connectivity index (χ4v) is 1.85. The summed E-state index contributed by atoms with van der Waals surface area (Å²) in [5.74, 6) is -0.319. The van der Waals surface area contributed by atoms with Crippen molar-refractivity contribution < 1.29 is 9.90 Å². The molecule has 0 fully saturated rings. The standard InChI is InChI=1S/C12H17BrN2O2/c1-8-2-3-10(13)6-9(8)4-5-15-12(17)11(14)7-16/h2-3,6,11,16H,4-5,7,14H2,1H3,(H,15,17). The third-order valence-corrected chi connectivity index (χ3v) is 3.03. The van der Waals surface area contributed by atoms with Gasteiger partial charge in [-0.25, -0.2) is 0 Å². The maximum absolute atomic E-state index is 11.3. The number of aryl methyl sites for hydroxylation is 1. The number of halogens is 1. The summed E-state index contributed by atoms with van der Waals surface area (Å²) in [6, 6.07) is 5.21. The van der Waals surface area contributed by atoms with Crippen LogP contribution in [0.4, 0.5) is 0 Å². The molecular formula is C12H17BrN2O2. The molecule has 4 nitrogen and oxygen atoms in total. The van der Waals surface area contributed by atoms with E-state index in [2.05, 4.69) is 21.2 Å². The number of rotatable bonds is 5. The first kappa shape index (κ1) is 14.2. The minimum Gasteiger partial charge on any atom is -0.394 e. The number of nitrogens with two attached hydrogens (primary N) is 1. The summed E-state index contributed by atoms with van der Waals surface area (Å²) in [7, 11) is 0. The number of hydrogen-bond donors (Lipinski definition) is 3. The fraction of sp³-hybridized carbons (Fsp3) is 0.417. The molecule has 0 aromatic heterocycles. The van der Waals surface area contributed by atoms with E-state index in [0.717, 1.165) is 10.9 Å². The molecule has 0 spiro atoms. The smallest absolute Gasteiger partial charge is 0.239 e. The van der Waals surface area contributed by atoms with Crippen LogP contribution in [0.15, 0.2) is 22.7 Å². The van der Waals surface area contributed by atoms with Crippen LogP contribution in [0.25, 0.3) is 0 Å². The summed E-state index contributed by atoms with van der Waals surface area (Å²) < 4.78 is 1.02. The van der Waals surface area contributed by atoms with Crippen LogP contribution in [0.3, 0.4) is 0 Å². The Morgan fingerprint density at radius 1 is 1.59 bits per heavy atom. The number of aliphatic hydroxyl groups is 1. The van der Waals surface area contributed by atoms with Crippen LogP contribution < -0.4 is 11.1 Å². The third-order valence-electron chi connectivity index (χ3n) is 2.54. The Hall–Kier alpha value is -0.910. The van der Waals surface area contributed by atoms with E-state index in [1.807, 2.05) is 25.1 Å². The second-order valence-electron chi connectivity index (χ2n) is 3.90. The predicted octanol–water partition coefficient (Wildman–Crippen LogP) is 0.736. The molecule has 17 heavy (non-hydrogen) atoms. The summed E-state index contributed by atoms with van der Waals surface area (Å²) in [6.45, 7) is 2.22. The van der Waals surface area contributed by atoms with E-state index in [1.54, 1.807) is 0 Å². The average molecular weight is 301 g/mol. The van der Waals surface area contributed by atoms with Gasteiger partial charge >= 0.3 is 0 Å². The highest BCUT2D eigenvalue weighted by Crippen LogP contribution is 2.16. The van der Waals surface area contributed by atoms with Gasteiger partial charge in [-0.2, -0.15) is 0 Å². The zero-order chi connectivity index (χ0) is 12.8. The van der Waals surface area contributed by atoms with Crippen LogP contribution >= 0.6 is 15.9 Å². The molecule has 0 saturated carbocycles. The van der Waals surface area contributed by atoms with E-state index in [4.69, 9.17) is 10.8 Å².